The van der Waals surface area contributed by atoms with Gasteiger partial charge in [0.05, 0.1) is 6.54 Å². The zero-order chi connectivity index (χ0) is 13.7. The largest absolute Gasteiger partial charge is 0.301 e. The SMILES string of the molecule is Cc1cccnc1C[C@@H](C)N(C)CCn1cccn1. The zero-order valence-corrected chi connectivity index (χ0v) is 12.0. The first kappa shape index (κ1) is 13.7. The summed E-state index contributed by atoms with van der Waals surface area (Å²) in [7, 11) is 2.16. The van der Waals surface area contributed by atoms with Crippen LogP contribution in [0.5, 0.6) is 0 Å². The molecule has 0 radical (unpaired) electrons. The third-order valence-electron chi connectivity index (χ3n) is 3.60. The van der Waals surface area contributed by atoms with E-state index >= 15 is 0 Å². The molecule has 0 unspecified atom stereocenters. The molecule has 0 spiro atoms. The Kier molecular flexibility index (Phi) is 4.68. The fourth-order valence-electron chi connectivity index (χ4n) is 2.08. The molecule has 0 aliphatic rings. The van der Waals surface area contributed by atoms with Gasteiger partial charge in [-0.2, -0.15) is 5.10 Å². The fourth-order valence-corrected chi connectivity index (χ4v) is 2.08. The fraction of sp³-hybridized carbons (Fsp3) is 0.467. The molecule has 0 saturated carbocycles. The molecule has 0 bridgehead atoms. The van der Waals surface area contributed by atoms with Gasteiger partial charge < -0.3 is 4.90 Å². The Morgan fingerprint density at radius 1 is 1.32 bits per heavy atom. The van der Waals surface area contributed by atoms with Crippen molar-refractivity contribution < 1.29 is 0 Å². The molecule has 0 N–H and O–H groups in total. The number of aryl methyl sites for hydroxylation is 1. The highest BCUT2D eigenvalue weighted by Gasteiger charge is 2.11. The van der Waals surface area contributed by atoms with Gasteiger partial charge in [-0.25, -0.2) is 0 Å². The Balaban J connectivity index is 1.85. The molecule has 0 amide bonds. The Labute approximate surface area is 115 Å². The van der Waals surface area contributed by atoms with Crippen molar-refractivity contribution in [1.82, 2.24) is 19.7 Å². The highest BCUT2D eigenvalue weighted by molar-refractivity contribution is 5.18. The van der Waals surface area contributed by atoms with Crippen molar-refractivity contribution in [3.63, 3.8) is 0 Å². The van der Waals surface area contributed by atoms with Crippen LogP contribution in [0.1, 0.15) is 18.2 Å². The van der Waals surface area contributed by atoms with Crippen molar-refractivity contribution in [2.45, 2.75) is 32.9 Å². The predicted octanol–water partition coefficient (Wildman–Crippen LogP) is 2.15. The molecular formula is C15H22N4. The number of pyridine rings is 1. The molecule has 0 aromatic carbocycles. The predicted molar refractivity (Wildman–Crippen MR) is 77.0 cm³/mol. The highest BCUT2D eigenvalue weighted by Crippen LogP contribution is 2.09. The monoisotopic (exact) mass is 258 g/mol. The van der Waals surface area contributed by atoms with E-state index in [-0.39, 0.29) is 0 Å². The van der Waals surface area contributed by atoms with Gasteiger partial charge in [-0.1, -0.05) is 6.07 Å². The van der Waals surface area contributed by atoms with Crippen LogP contribution in [0, 0.1) is 6.92 Å². The minimum Gasteiger partial charge on any atom is -0.301 e. The van der Waals surface area contributed by atoms with Gasteiger partial charge in [0.2, 0.25) is 0 Å². The second-order valence-corrected chi connectivity index (χ2v) is 5.07. The average molecular weight is 258 g/mol. The number of nitrogens with zero attached hydrogens (tertiary/aromatic N) is 4. The number of aromatic nitrogens is 3. The van der Waals surface area contributed by atoms with Crippen LogP contribution < -0.4 is 0 Å². The molecule has 0 saturated heterocycles. The molecule has 19 heavy (non-hydrogen) atoms. The van der Waals surface area contributed by atoms with Crippen molar-refractivity contribution in [3.8, 4) is 0 Å². The van der Waals surface area contributed by atoms with E-state index in [1.807, 2.05) is 35.4 Å². The maximum atomic E-state index is 4.47. The smallest absolute Gasteiger partial charge is 0.0536 e. The van der Waals surface area contributed by atoms with Crippen molar-refractivity contribution in [1.29, 1.82) is 0 Å². The van der Waals surface area contributed by atoms with E-state index in [0.717, 1.165) is 19.5 Å². The van der Waals surface area contributed by atoms with Crippen molar-refractivity contribution in [2.75, 3.05) is 13.6 Å². The number of rotatable bonds is 6. The van der Waals surface area contributed by atoms with Crippen molar-refractivity contribution >= 4 is 0 Å². The first-order valence-corrected chi connectivity index (χ1v) is 6.75. The molecule has 1 atom stereocenters. The Morgan fingerprint density at radius 2 is 2.16 bits per heavy atom. The summed E-state index contributed by atoms with van der Waals surface area (Å²) in [6.45, 7) is 6.29. The van der Waals surface area contributed by atoms with E-state index in [1.165, 1.54) is 11.3 Å². The first-order valence-electron chi connectivity index (χ1n) is 6.75. The molecular weight excluding hydrogens is 236 g/mol. The number of hydrogen-bond donors (Lipinski definition) is 0. The van der Waals surface area contributed by atoms with Crippen molar-refractivity contribution in [3.05, 3.63) is 48.0 Å². The summed E-state index contributed by atoms with van der Waals surface area (Å²) in [4.78, 5) is 6.82. The Hall–Kier alpha value is -1.68. The van der Waals surface area contributed by atoms with E-state index in [9.17, 15) is 0 Å². The topological polar surface area (TPSA) is 34.0 Å². The third-order valence-corrected chi connectivity index (χ3v) is 3.60. The molecule has 0 fully saturated rings. The van der Waals surface area contributed by atoms with Gasteiger partial charge in [-0.3, -0.25) is 9.67 Å². The van der Waals surface area contributed by atoms with Gasteiger partial charge in [0.1, 0.15) is 0 Å². The summed E-state index contributed by atoms with van der Waals surface area (Å²) in [5, 5.41) is 4.22. The molecule has 4 nitrogen and oxygen atoms in total. The second kappa shape index (κ2) is 6.48. The van der Waals surface area contributed by atoms with Crippen LogP contribution in [-0.4, -0.2) is 39.3 Å². The van der Waals surface area contributed by atoms with E-state index in [4.69, 9.17) is 0 Å². The summed E-state index contributed by atoms with van der Waals surface area (Å²) in [5.41, 5.74) is 2.47. The Morgan fingerprint density at radius 3 is 2.84 bits per heavy atom. The lowest BCUT2D eigenvalue weighted by molar-refractivity contribution is 0.241. The molecule has 2 aromatic rings. The molecule has 2 aromatic heterocycles. The molecule has 4 heteroatoms. The lowest BCUT2D eigenvalue weighted by Crippen LogP contribution is -2.34. The maximum Gasteiger partial charge on any atom is 0.0536 e. The van der Waals surface area contributed by atoms with Crippen LogP contribution in [-0.2, 0) is 13.0 Å². The molecule has 2 rings (SSSR count). The van der Waals surface area contributed by atoms with Crippen LogP contribution in [0.2, 0.25) is 0 Å². The van der Waals surface area contributed by atoms with Gasteiger partial charge in [0.25, 0.3) is 0 Å². The quantitative estimate of drug-likeness (QED) is 0.796. The maximum absolute atomic E-state index is 4.47. The van der Waals surface area contributed by atoms with Gasteiger partial charge >= 0.3 is 0 Å². The summed E-state index contributed by atoms with van der Waals surface area (Å²) in [6.07, 6.45) is 6.68. The summed E-state index contributed by atoms with van der Waals surface area (Å²) in [5.74, 6) is 0. The summed E-state index contributed by atoms with van der Waals surface area (Å²) >= 11 is 0. The first-order chi connectivity index (χ1) is 9.16. The zero-order valence-electron chi connectivity index (χ0n) is 12.0. The van der Waals surface area contributed by atoms with Crippen LogP contribution >= 0.6 is 0 Å². The van der Waals surface area contributed by atoms with Crippen LogP contribution in [0.3, 0.4) is 0 Å². The lowest BCUT2D eigenvalue weighted by Gasteiger charge is -2.24. The Bertz CT molecular complexity index is 493. The van der Waals surface area contributed by atoms with Gasteiger partial charge in [0.15, 0.2) is 0 Å². The third kappa shape index (κ3) is 3.89. The van der Waals surface area contributed by atoms with Gasteiger partial charge in [-0.05, 0) is 38.6 Å². The molecule has 0 aliphatic carbocycles. The van der Waals surface area contributed by atoms with Gasteiger partial charge in [-0.15, -0.1) is 0 Å². The highest BCUT2D eigenvalue weighted by atomic mass is 15.3. The van der Waals surface area contributed by atoms with E-state index in [1.54, 1.807) is 0 Å². The second-order valence-electron chi connectivity index (χ2n) is 5.07. The number of hydrogen-bond acceptors (Lipinski definition) is 3. The van der Waals surface area contributed by atoms with Gasteiger partial charge in [0, 0.05) is 43.3 Å². The van der Waals surface area contributed by atoms with Crippen LogP contribution in [0.15, 0.2) is 36.8 Å². The summed E-state index contributed by atoms with van der Waals surface area (Å²) < 4.78 is 1.97. The van der Waals surface area contributed by atoms with Crippen LogP contribution in [0.25, 0.3) is 0 Å². The minimum absolute atomic E-state index is 0.476. The molecule has 0 aliphatic heterocycles. The molecule has 102 valence electrons. The van der Waals surface area contributed by atoms with E-state index < -0.39 is 0 Å². The lowest BCUT2D eigenvalue weighted by atomic mass is 10.1. The minimum atomic E-state index is 0.476. The summed E-state index contributed by atoms with van der Waals surface area (Å²) in [6, 6.07) is 6.55. The van der Waals surface area contributed by atoms with E-state index in [2.05, 4.69) is 41.9 Å². The average Bonchev–Trinajstić information content (AvgIpc) is 2.91. The number of likely N-dealkylation sites (N-methyl/N-ethyl adjacent to an activating group) is 1. The van der Waals surface area contributed by atoms with Crippen molar-refractivity contribution in [2.24, 2.45) is 0 Å². The normalized spacial score (nSPS) is 12.8. The van der Waals surface area contributed by atoms with E-state index in [0.29, 0.717) is 6.04 Å². The van der Waals surface area contributed by atoms with Crippen LogP contribution in [0.4, 0.5) is 0 Å². The molecule has 2 heterocycles. The standard InChI is InChI=1S/C15H22N4/c1-13-6-4-7-16-15(13)12-14(2)18(3)10-11-19-9-5-8-17-19/h4-9,14H,10-12H2,1-3H3/t14-/m1/s1.